The Morgan fingerprint density at radius 2 is 1.88 bits per heavy atom. The van der Waals surface area contributed by atoms with Crippen molar-refractivity contribution in [2.24, 2.45) is 0 Å². The van der Waals surface area contributed by atoms with E-state index in [2.05, 4.69) is 4.98 Å². The molecule has 1 aliphatic carbocycles. The van der Waals surface area contributed by atoms with Gasteiger partial charge in [-0.2, -0.15) is 13.2 Å². The van der Waals surface area contributed by atoms with Crippen molar-refractivity contribution in [1.82, 2.24) is 24.2 Å². The molecule has 0 aromatic carbocycles. The van der Waals surface area contributed by atoms with Crippen LogP contribution in [-0.4, -0.2) is 79.4 Å². The molecule has 13 heteroatoms. The Bertz CT molecular complexity index is 1200. The Labute approximate surface area is 196 Å². The van der Waals surface area contributed by atoms with Gasteiger partial charge in [0.15, 0.2) is 11.3 Å². The molecule has 0 spiro atoms. The lowest BCUT2D eigenvalue weighted by Gasteiger charge is -2.41. The van der Waals surface area contributed by atoms with Crippen LogP contribution < -0.4 is 0 Å². The number of hydroxylamine groups is 2. The molecular weight excluding hydrogens is 479 g/mol. The third kappa shape index (κ3) is 3.98. The predicted molar refractivity (Wildman–Crippen MR) is 111 cm³/mol. The van der Waals surface area contributed by atoms with E-state index in [1.165, 1.54) is 16.0 Å². The summed E-state index contributed by atoms with van der Waals surface area (Å²) in [7, 11) is 0. The van der Waals surface area contributed by atoms with E-state index in [4.69, 9.17) is 11.6 Å². The Balaban J connectivity index is 1.39. The number of rotatable bonds is 3. The molecule has 1 saturated carbocycles. The number of carbonyl (C=O) groups excluding carboxylic acids is 3. The second-order valence-electron chi connectivity index (χ2n) is 8.89. The Morgan fingerprint density at radius 3 is 2.50 bits per heavy atom. The number of amides is 3. The fraction of sp³-hybridized carbons (Fsp3) is 0.524. The second kappa shape index (κ2) is 8.12. The number of fused-ring (bicyclic) bond motifs is 1. The first-order chi connectivity index (χ1) is 16.0. The van der Waals surface area contributed by atoms with Gasteiger partial charge in [-0.05, 0) is 36.8 Å². The van der Waals surface area contributed by atoms with Crippen LogP contribution in [0, 0.1) is 0 Å². The minimum atomic E-state index is -4.68. The number of hydrogen-bond acceptors (Lipinski definition) is 5. The third-order valence-electron chi connectivity index (χ3n) is 6.59. The summed E-state index contributed by atoms with van der Waals surface area (Å²) < 4.78 is 42.2. The first-order valence-electron chi connectivity index (χ1n) is 10.9. The molecule has 3 fully saturated rings. The number of hydrogen-bond donors (Lipinski definition) is 1. The van der Waals surface area contributed by atoms with E-state index in [1.54, 1.807) is 0 Å². The van der Waals surface area contributed by atoms with Gasteiger partial charge in [-0.1, -0.05) is 11.6 Å². The minimum absolute atomic E-state index is 0.0136. The molecule has 2 aromatic rings. The van der Waals surface area contributed by atoms with Gasteiger partial charge in [-0.25, -0.2) is 10.0 Å². The van der Waals surface area contributed by atoms with Gasteiger partial charge in [-0.15, -0.1) is 0 Å². The SMILES string of the molecule is O=C1CCC(N2CCN(C(=O)c3nc4c(C(F)(F)F)cc(C5CC5)cn4c3Cl)CC2=O)CN1O. The fourth-order valence-corrected chi connectivity index (χ4v) is 4.84. The molecule has 1 N–H and O–H groups in total. The number of piperidine rings is 1. The number of piperazine rings is 1. The van der Waals surface area contributed by atoms with Crippen molar-refractivity contribution in [3.63, 3.8) is 0 Å². The van der Waals surface area contributed by atoms with E-state index in [0.29, 0.717) is 17.0 Å². The molecule has 2 aromatic heterocycles. The van der Waals surface area contributed by atoms with Crippen molar-refractivity contribution in [3.8, 4) is 0 Å². The van der Waals surface area contributed by atoms with Gasteiger partial charge in [0.05, 0.1) is 18.2 Å². The van der Waals surface area contributed by atoms with Gasteiger partial charge < -0.3 is 9.80 Å². The van der Waals surface area contributed by atoms with Gasteiger partial charge in [0.1, 0.15) is 11.7 Å². The summed E-state index contributed by atoms with van der Waals surface area (Å²) in [6.07, 6.45) is -1.10. The average molecular weight is 500 g/mol. The molecule has 34 heavy (non-hydrogen) atoms. The fourth-order valence-electron chi connectivity index (χ4n) is 4.58. The maximum atomic E-state index is 13.7. The maximum Gasteiger partial charge on any atom is 0.419 e. The largest absolute Gasteiger partial charge is 0.419 e. The highest BCUT2D eigenvalue weighted by Crippen LogP contribution is 2.43. The molecule has 4 heterocycles. The number of imidazole rings is 1. The van der Waals surface area contributed by atoms with Crippen molar-refractivity contribution >= 4 is 35.0 Å². The van der Waals surface area contributed by atoms with Crippen LogP contribution in [0.5, 0.6) is 0 Å². The van der Waals surface area contributed by atoms with Crippen LogP contribution in [0.2, 0.25) is 5.15 Å². The summed E-state index contributed by atoms with van der Waals surface area (Å²) in [5.74, 6) is -1.51. The third-order valence-corrected chi connectivity index (χ3v) is 6.95. The first kappa shape index (κ1) is 22.9. The number of alkyl halides is 3. The quantitative estimate of drug-likeness (QED) is 0.654. The van der Waals surface area contributed by atoms with Crippen LogP contribution >= 0.6 is 11.6 Å². The first-order valence-corrected chi connectivity index (χ1v) is 11.3. The van der Waals surface area contributed by atoms with Gasteiger partial charge in [-0.3, -0.25) is 24.0 Å². The highest BCUT2D eigenvalue weighted by Gasteiger charge is 2.40. The lowest BCUT2D eigenvalue weighted by Crippen LogP contribution is -2.59. The standard InChI is InChI=1S/C21H21ClF3N5O4/c22-18-17(26-19-14(21(23,24)25)7-12(8-29(18)19)11-1-2-11)20(33)27-5-6-28(16(32)10-27)13-3-4-15(31)30(34)9-13/h7-8,11,13,34H,1-6,9-10H2. The molecule has 2 saturated heterocycles. The number of carbonyl (C=O) groups is 3. The highest BCUT2D eigenvalue weighted by molar-refractivity contribution is 6.33. The van der Waals surface area contributed by atoms with E-state index < -0.39 is 29.2 Å². The predicted octanol–water partition coefficient (Wildman–Crippen LogP) is 2.55. The molecule has 0 radical (unpaired) electrons. The van der Waals surface area contributed by atoms with E-state index in [0.717, 1.165) is 23.3 Å². The van der Waals surface area contributed by atoms with Crippen molar-refractivity contribution in [3.05, 3.63) is 34.2 Å². The van der Waals surface area contributed by atoms with Crippen molar-refractivity contribution in [1.29, 1.82) is 0 Å². The zero-order valence-corrected chi connectivity index (χ0v) is 18.6. The normalized spacial score (nSPS) is 22.1. The van der Waals surface area contributed by atoms with E-state index >= 15 is 0 Å². The Kier molecular flexibility index (Phi) is 5.47. The minimum Gasteiger partial charge on any atom is -0.335 e. The van der Waals surface area contributed by atoms with Crippen molar-refractivity contribution in [2.45, 2.75) is 43.8 Å². The zero-order valence-electron chi connectivity index (χ0n) is 17.9. The molecular formula is C21H21ClF3N5O4. The van der Waals surface area contributed by atoms with Gasteiger partial charge in [0.2, 0.25) is 11.8 Å². The molecule has 3 aliphatic rings. The van der Waals surface area contributed by atoms with Crippen LogP contribution in [0.25, 0.3) is 5.65 Å². The van der Waals surface area contributed by atoms with Gasteiger partial charge >= 0.3 is 6.18 Å². The number of aromatic nitrogens is 2. The number of pyridine rings is 1. The molecule has 5 rings (SSSR count). The van der Waals surface area contributed by atoms with Crippen LogP contribution in [-0.2, 0) is 15.8 Å². The zero-order chi connectivity index (χ0) is 24.4. The smallest absolute Gasteiger partial charge is 0.335 e. The van der Waals surface area contributed by atoms with Crippen LogP contribution in [0.1, 0.15) is 53.2 Å². The molecule has 2 aliphatic heterocycles. The lowest BCUT2D eigenvalue weighted by molar-refractivity contribution is -0.177. The maximum absolute atomic E-state index is 13.7. The summed E-state index contributed by atoms with van der Waals surface area (Å²) in [4.78, 5) is 44.0. The summed E-state index contributed by atoms with van der Waals surface area (Å²) >= 11 is 6.33. The Hall–Kier alpha value is -2.86. The monoisotopic (exact) mass is 499 g/mol. The van der Waals surface area contributed by atoms with E-state index in [-0.39, 0.29) is 61.3 Å². The number of halogens is 4. The summed E-state index contributed by atoms with van der Waals surface area (Å²) in [6, 6.07) is 0.688. The van der Waals surface area contributed by atoms with Crippen LogP contribution in [0.3, 0.4) is 0 Å². The topological polar surface area (TPSA) is 98.5 Å². The molecule has 182 valence electrons. The highest BCUT2D eigenvalue weighted by atomic mass is 35.5. The van der Waals surface area contributed by atoms with Crippen molar-refractivity contribution < 1.29 is 32.8 Å². The van der Waals surface area contributed by atoms with Crippen LogP contribution in [0.4, 0.5) is 13.2 Å². The molecule has 1 atom stereocenters. The van der Waals surface area contributed by atoms with E-state index in [9.17, 15) is 32.8 Å². The Morgan fingerprint density at radius 1 is 1.15 bits per heavy atom. The average Bonchev–Trinajstić information content (AvgIpc) is 3.58. The summed E-state index contributed by atoms with van der Waals surface area (Å²) in [6.45, 7) is -0.0509. The van der Waals surface area contributed by atoms with E-state index in [1.807, 2.05) is 0 Å². The lowest BCUT2D eigenvalue weighted by atomic mass is 10.0. The summed E-state index contributed by atoms with van der Waals surface area (Å²) in [5, 5.41) is 10.0. The van der Waals surface area contributed by atoms with Gasteiger partial charge in [0.25, 0.3) is 5.91 Å². The molecule has 3 amide bonds. The molecule has 9 nitrogen and oxygen atoms in total. The number of nitrogens with zero attached hydrogens (tertiary/aromatic N) is 5. The molecule has 1 unspecified atom stereocenters. The van der Waals surface area contributed by atoms with Crippen LogP contribution in [0.15, 0.2) is 12.3 Å². The van der Waals surface area contributed by atoms with Gasteiger partial charge in [0, 0.05) is 25.7 Å². The molecule has 0 bridgehead atoms. The summed E-state index contributed by atoms with van der Waals surface area (Å²) in [5.41, 5.74) is -1.26. The van der Waals surface area contributed by atoms with Crippen molar-refractivity contribution in [2.75, 3.05) is 26.2 Å². The second-order valence-corrected chi connectivity index (χ2v) is 9.24.